The minimum absolute atomic E-state index is 0.0267. The first-order valence-electron chi connectivity index (χ1n) is 9.83. The van der Waals surface area contributed by atoms with Crippen molar-refractivity contribution in [2.75, 3.05) is 18.5 Å². The molecule has 3 aromatic rings. The zero-order valence-corrected chi connectivity index (χ0v) is 18.7. The molecule has 2 heterocycles. The van der Waals surface area contributed by atoms with Gasteiger partial charge in [-0.3, -0.25) is 14.2 Å². The molecule has 0 atom stereocenters. The van der Waals surface area contributed by atoms with Crippen molar-refractivity contribution < 1.29 is 9.84 Å². The average Bonchev–Trinajstić information content (AvgIpc) is 2.72. The summed E-state index contributed by atoms with van der Waals surface area (Å²) >= 11 is 6.31. The highest BCUT2D eigenvalue weighted by Crippen LogP contribution is 2.29. The van der Waals surface area contributed by atoms with Crippen molar-refractivity contribution in [3.63, 3.8) is 0 Å². The Hall–Kier alpha value is -2.77. The number of halogens is 1. The molecule has 0 spiro atoms. The third kappa shape index (κ3) is 4.86. The van der Waals surface area contributed by atoms with Gasteiger partial charge in [0.2, 0.25) is 5.43 Å². The zero-order chi connectivity index (χ0) is 22.4. The fourth-order valence-corrected chi connectivity index (χ4v) is 3.34. The maximum absolute atomic E-state index is 13.1. The van der Waals surface area contributed by atoms with Gasteiger partial charge < -0.3 is 19.7 Å². The Bertz CT molecular complexity index is 1150. The van der Waals surface area contributed by atoms with E-state index in [-0.39, 0.29) is 30.0 Å². The summed E-state index contributed by atoms with van der Waals surface area (Å²) in [4.78, 5) is 25.6. The van der Waals surface area contributed by atoms with E-state index in [1.807, 2.05) is 26.8 Å². The normalized spacial score (nSPS) is 10.5. The van der Waals surface area contributed by atoms with E-state index in [9.17, 15) is 9.59 Å². The molecule has 0 aliphatic rings. The third-order valence-corrected chi connectivity index (χ3v) is 4.77. The lowest BCUT2D eigenvalue weighted by Gasteiger charge is -2.17. The molecule has 0 saturated heterocycles. The van der Waals surface area contributed by atoms with Gasteiger partial charge in [0.25, 0.3) is 5.56 Å². The molecule has 3 rings (SSSR count). The second kappa shape index (κ2) is 10.3. The number of hydrogen-bond acceptors (Lipinski definition) is 5. The second-order valence-electron chi connectivity index (χ2n) is 6.62. The van der Waals surface area contributed by atoms with E-state index in [1.54, 1.807) is 37.0 Å². The SMILES string of the molecule is CC.Cc1ccc(Nc2cc(=O)n(C)c3c2c(=O)c(OCCCO)cn3C)c(Cl)c1. The van der Waals surface area contributed by atoms with Gasteiger partial charge in [-0.05, 0) is 24.6 Å². The first-order chi connectivity index (χ1) is 14.3. The number of nitrogens with zero attached hydrogens (tertiary/aromatic N) is 2. The van der Waals surface area contributed by atoms with Gasteiger partial charge in [-0.1, -0.05) is 31.5 Å². The van der Waals surface area contributed by atoms with E-state index >= 15 is 0 Å². The molecule has 1 aromatic carbocycles. The van der Waals surface area contributed by atoms with Crippen LogP contribution in [-0.4, -0.2) is 27.5 Å². The van der Waals surface area contributed by atoms with Crippen LogP contribution >= 0.6 is 11.6 Å². The molecule has 0 fully saturated rings. The molecule has 8 heteroatoms. The van der Waals surface area contributed by atoms with Crippen LogP contribution in [0.25, 0.3) is 11.0 Å². The van der Waals surface area contributed by atoms with E-state index in [0.29, 0.717) is 33.9 Å². The van der Waals surface area contributed by atoms with Crippen LogP contribution in [0, 0.1) is 6.92 Å². The number of nitrogens with one attached hydrogen (secondary N) is 1. The van der Waals surface area contributed by atoms with Crippen molar-refractivity contribution in [1.29, 1.82) is 0 Å². The van der Waals surface area contributed by atoms with Crippen LogP contribution in [0.1, 0.15) is 25.8 Å². The Labute approximate surface area is 180 Å². The maximum Gasteiger partial charge on any atom is 0.253 e. The molecule has 0 amide bonds. The molecule has 0 radical (unpaired) electrons. The van der Waals surface area contributed by atoms with E-state index in [0.717, 1.165) is 5.56 Å². The van der Waals surface area contributed by atoms with Gasteiger partial charge in [-0.25, -0.2) is 0 Å². The minimum atomic E-state index is -0.340. The molecule has 30 heavy (non-hydrogen) atoms. The topological polar surface area (TPSA) is 85.5 Å². The van der Waals surface area contributed by atoms with Crippen LogP contribution in [0.15, 0.2) is 40.1 Å². The average molecular weight is 434 g/mol. The van der Waals surface area contributed by atoms with Crippen molar-refractivity contribution in [3.05, 3.63) is 61.6 Å². The van der Waals surface area contributed by atoms with Gasteiger partial charge in [0.15, 0.2) is 5.75 Å². The van der Waals surface area contributed by atoms with Crippen molar-refractivity contribution in [2.45, 2.75) is 27.2 Å². The molecule has 0 bridgehead atoms. The van der Waals surface area contributed by atoms with Crippen molar-refractivity contribution in [2.24, 2.45) is 14.1 Å². The number of aliphatic hydroxyl groups is 1. The van der Waals surface area contributed by atoms with Crippen LogP contribution in [0.2, 0.25) is 5.02 Å². The van der Waals surface area contributed by atoms with Crippen LogP contribution in [0.5, 0.6) is 5.75 Å². The van der Waals surface area contributed by atoms with Gasteiger partial charge in [-0.2, -0.15) is 0 Å². The number of hydrogen-bond donors (Lipinski definition) is 2. The summed E-state index contributed by atoms with van der Waals surface area (Å²) in [5, 5.41) is 12.9. The number of aryl methyl sites for hydroxylation is 3. The van der Waals surface area contributed by atoms with E-state index in [1.165, 1.54) is 10.6 Å². The minimum Gasteiger partial charge on any atom is -0.488 e. The summed E-state index contributed by atoms with van der Waals surface area (Å²) in [5.41, 5.74) is 1.81. The number of ether oxygens (including phenoxy) is 1. The van der Waals surface area contributed by atoms with Crippen LogP contribution in [0.4, 0.5) is 11.4 Å². The third-order valence-electron chi connectivity index (χ3n) is 4.46. The summed E-state index contributed by atoms with van der Waals surface area (Å²) in [6.45, 7) is 6.12. The molecule has 0 saturated carbocycles. The fraction of sp³-hybridized carbons (Fsp3) is 0.364. The Morgan fingerprint density at radius 1 is 1.13 bits per heavy atom. The number of rotatable bonds is 6. The highest BCUT2D eigenvalue weighted by Gasteiger charge is 2.17. The zero-order valence-electron chi connectivity index (χ0n) is 18.0. The van der Waals surface area contributed by atoms with Crippen molar-refractivity contribution >= 4 is 34.0 Å². The summed E-state index contributed by atoms with van der Waals surface area (Å²) in [6.07, 6.45) is 1.96. The monoisotopic (exact) mass is 433 g/mol. The quantitative estimate of drug-likeness (QED) is 0.578. The lowest BCUT2D eigenvalue weighted by atomic mass is 10.2. The highest BCUT2D eigenvalue weighted by atomic mass is 35.5. The van der Waals surface area contributed by atoms with E-state index in [4.69, 9.17) is 21.4 Å². The molecular weight excluding hydrogens is 406 g/mol. The Morgan fingerprint density at radius 2 is 1.83 bits per heavy atom. The summed E-state index contributed by atoms with van der Waals surface area (Å²) in [7, 11) is 3.35. The molecule has 0 aliphatic carbocycles. The summed E-state index contributed by atoms with van der Waals surface area (Å²) in [6, 6.07) is 6.86. The molecule has 162 valence electrons. The standard InChI is InChI=1S/C20H22ClN3O4.C2H6/c1-12-5-6-14(13(21)9-12)22-15-10-17(26)24(3)20-18(15)19(27)16(11-23(20)2)28-8-4-7-25;1-2/h5-6,9-11,22,25H,4,7-8H2,1-3H3;1-2H3. The fourth-order valence-electron chi connectivity index (χ4n) is 3.06. The van der Waals surface area contributed by atoms with E-state index < -0.39 is 0 Å². The number of fused-ring (bicyclic) bond motifs is 1. The first kappa shape index (κ1) is 23.5. The Kier molecular flexibility index (Phi) is 8.08. The van der Waals surface area contributed by atoms with Crippen LogP contribution in [-0.2, 0) is 14.1 Å². The summed E-state index contributed by atoms with van der Waals surface area (Å²) in [5.74, 6) is 0.153. The van der Waals surface area contributed by atoms with Gasteiger partial charge in [0.05, 0.1) is 34.6 Å². The first-order valence-corrected chi connectivity index (χ1v) is 10.2. The second-order valence-corrected chi connectivity index (χ2v) is 7.03. The number of benzene rings is 1. The van der Waals surface area contributed by atoms with Gasteiger partial charge in [0.1, 0.15) is 5.65 Å². The predicted octanol–water partition coefficient (Wildman–Crippen LogP) is 3.73. The number of aromatic nitrogens is 2. The highest BCUT2D eigenvalue weighted by molar-refractivity contribution is 6.33. The predicted molar refractivity (Wildman–Crippen MR) is 122 cm³/mol. The molecule has 0 aliphatic heterocycles. The van der Waals surface area contributed by atoms with Crippen LogP contribution < -0.4 is 21.0 Å². The Morgan fingerprint density at radius 3 is 2.47 bits per heavy atom. The van der Waals surface area contributed by atoms with Gasteiger partial charge >= 0.3 is 0 Å². The Balaban J connectivity index is 0.00000155. The van der Waals surface area contributed by atoms with Crippen LogP contribution in [0.3, 0.4) is 0 Å². The van der Waals surface area contributed by atoms with Gasteiger partial charge in [0, 0.05) is 33.2 Å². The maximum atomic E-state index is 13.1. The van der Waals surface area contributed by atoms with E-state index in [2.05, 4.69) is 5.32 Å². The number of pyridine rings is 2. The molecule has 2 N–H and O–H groups in total. The lowest BCUT2D eigenvalue weighted by Crippen LogP contribution is -2.24. The number of anilines is 2. The molecule has 2 aromatic heterocycles. The van der Waals surface area contributed by atoms with Gasteiger partial charge in [-0.15, -0.1) is 0 Å². The smallest absolute Gasteiger partial charge is 0.253 e. The largest absolute Gasteiger partial charge is 0.488 e. The van der Waals surface area contributed by atoms with Crippen molar-refractivity contribution in [1.82, 2.24) is 9.13 Å². The lowest BCUT2D eigenvalue weighted by molar-refractivity contribution is 0.232. The van der Waals surface area contributed by atoms with Crippen molar-refractivity contribution in [3.8, 4) is 5.75 Å². The molecule has 7 nitrogen and oxygen atoms in total. The summed E-state index contributed by atoms with van der Waals surface area (Å²) < 4.78 is 8.63. The number of aliphatic hydroxyl groups excluding tert-OH is 1. The molecule has 0 unspecified atom stereocenters. The molecular formula is C22H28ClN3O4.